The normalized spacial score (nSPS) is 10.8. The van der Waals surface area contributed by atoms with E-state index < -0.39 is 0 Å². The van der Waals surface area contributed by atoms with Gasteiger partial charge in [-0.05, 0) is 25.1 Å². The second-order valence-electron chi connectivity index (χ2n) is 5.61. The molecule has 0 saturated heterocycles. The quantitative estimate of drug-likeness (QED) is 0.714. The lowest BCUT2D eigenvalue weighted by molar-refractivity contribution is -0.121. The van der Waals surface area contributed by atoms with Gasteiger partial charge < -0.3 is 14.6 Å². The zero-order valence-corrected chi connectivity index (χ0v) is 14.1. The predicted molar refractivity (Wildman–Crippen MR) is 92.5 cm³/mol. The van der Waals surface area contributed by atoms with Gasteiger partial charge in [-0.3, -0.25) is 9.59 Å². The highest BCUT2D eigenvalue weighted by Crippen LogP contribution is 2.09. The topological polar surface area (TPSA) is 91.0 Å². The van der Waals surface area contributed by atoms with Crippen LogP contribution in [0.3, 0.4) is 0 Å². The van der Waals surface area contributed by atoms with Crippen LogP contribution >= 0.6 is 0 Å². The third-order valence-electron chi connectivity index (χ3n) is 3.92. The Kier molecular flexibility index (Phi) is 4.78. The summed E-state index contributed by atoms with van der Waals surface area (Å²) in [5, 5.41) is 10.8. The molecule has 2 heterocycles. The number of hydrogen-bond acceptors (Lipinski definition) is 5. The maximum atomic E-state index is 12.1. The van der Waals surface area contributed by atoms with Crippen LogP contribution in [0.5, 0.6) is 5.75 Å². The van der Waals surface area contributed by atoms with Crippen LogP contribution in [0.4, 0.5) is 0 Å². The number of rotatable bonds is 6. The Morgan fingerprint density at radius 1 is 1.28 bits per heavy atom. The molecule has 0 bridgehead atoms. The first-order chi connectivity index (χ1) is 12.1. The van der Waals surface area contributed by atoms with Gasteiger partial charge in [0.15, 0.2) is 0 Å². The van der Waals surface area contributed by atoms with E-state index in [1.165, 1.54) is 13.2 Å². The number of carbonyl (C=O) groups excluding carboxylic acids is 1. The van der Waals surface area contributed by atoms with Gasteiger partial charge in [-0.25, -0.2) is 4.68 Å². The fourth-order valence-electron chi connectivity index (χ4n) is 2.64. The molecule has 0 fully saturated rings. The number of para-hydroxylation sites is 1. The van der Waals surface area contributed by atoms with Crippen LogP contribution in [-0.2, 0) is 17.9 Å². The molecule has 0 aliphatic carbocycles. The van der Waals surface area contributed by atoms with Gasteiger partial charge >= 0.3 is 0 Å². The molecule has 0 unspecified atom stereocenters. The molecule has 0 aliphatic rings. The molecule has 0 aliphatic heterocycles. The van der Waals surface area contributed by atoms with E-state index in [1.54, 1.807) is 15.3 Å². The number of benzene rings is 1. The Balaban J connectivity index is 1.59. The minimum absolute atomic E-state index is 0.0804. The average Bonchev–Trinajstić information content (AvgIpc) is 3.00. The number of nitrogens with zero attached hydrogens (tertiary/aromatic N) is 4. The van der Waals surface area contributed by atoms with Crippen molar-refractivity contribution in [1.82, 2.24) is 24.9 Å². The number of fused-ring (bicyclic) bond motifs is 1. The first-order valence-electron chi connectivity index (χ1n) is 7.89. The molecular formula is C17H19N5O3. The fourth-order valence-corrected chi connectivity index (χ4v) is 2.64. The van der Waals surface area contributed by atoms with Crippen LogP contribution in [0.2, 0.25) is 0 Å². The molecule has 0 radical (unpaired) electrons. The molecule has 3 rings (SSSR count). The number of amides is 1. The average molecular weight is 341 g/mol. The van der Waals surface area contributed by atoms with Gasteiger partial charge in [-0.1, -0.05) is 17.3 Å². The van der Waals surface area contributed by atoms with E-state index >= 15 is 0 Å². The predicted octanol–water partition coefficient (Wildman–Crippen LogP) is 0.726. The third kappa shape index (κ3) is 3.68. The third-order valence-corrected chi connectivity index (χ3v) is 3.92. The maximum Gasteiger partial charge on any atom is 0.254 e. The summed E-state index contributed by atoms with van der Waals surface area (Å²) in [5.41, 5.74) is 2.17. The highest BCUT2D eigenvalue weighted by Gasteiger charge is 2.09. The Morgan fingerprint density at radius 3 is 2.84 bits per heavy atom. The van der Waals surface area contributed by atoms with Crippen molar-refractivity contribution in [3.05, 3.63) is 52.4 Å². The second kappa shape index (κ2) is 7.16. The van der Waals surface area contributed by atoms with Crippen LogP contribution in [0.15, 0.2) is 41.2 Å². The summed E-state index contributed by atoms with van der Waals surface area (Å²) in [6, 6.07) is 10.7. The minimum Gasteiger partial charge on any atom is -0.496 e. The summed E-state index contributed by atoms with van der Waals surface area (Å²) in [7, 11) is 1.52. The first-order valence-corrected chi connectivity index (χ1v) is 7.89. The smallest absolute Gasteiger partial charge is 0.254 e. The number of carbonyl (C=O) groups is 1. The standard InChI is InChI=1S/C17H19N5O3/c1-12-9-13(25-2)10-17(24)21(12)8-7-18-16(23)11-22-15-6-4-3-5-14(15)19-20-22/h3-6,9-10H,7-8,11H2,1-2H3,(H,18,23). The van der Waals surface area contributed by atoms with Crippen molar-refractivity contribution in [3.8, 4) is 5.75 Å². The van der Waals surface area contributed by atoms with Crippen molar-refractivity contribution < 1.29 is 9.53 Å². The summed E-state index contributed by atoms with van der Waals surface area (Å²) in [6.07, 6.45) is 0. The number of ether oxygens (including phenoxy) is 1. The molecular weight excluding hydrogens is 322 g/mol. The Morgan fingerprint density at radius 2 is 2.08 bits per heavy atom. The van der Waals surface area contributed by atoms with Gasteiger partial charge in [0.2, 0.25) is 5.91 Å². The zero-order valence-electron chi connectivity index (χ0n) is 14.1. The van der Waals surface area contributed by atoms with Gasteiger partial charge in [0.25, 0.3) is 5.56 Å². The molecule has 8 heteroatoms. The van der Waals surface area contributed by atoms with Crippen molar-refractivity contribution in [3.63, 3.8) is 0 Å². The molecule has 0 saturated carbocycles. The van der Waals surface area contributed by atoms with E-state index in [4.69, 9.17) is 4.74 Å². The van der Waals surface area contributed by atoms with Crippen molar-refractivity contribution in [1.29, 1.82) is 0 Å². The Hall–Kier alpha value is -3.16. The summed E-state index contributed by atoms with van der Waals surface area (Å²) in [6.45, 7) is 2.64. The molecule has 1 amide bonds. The van der Waals surface area contributed by atoms with Crippen LogP contribution in [0.1, 0.15) is 5.69 Å². The molecule has 0 atom stereocenters. The minimum atomic E-state index is -0.185. The molecule has 130 valence electrons. The maximum absolute atomic E-state index is 12.1. The molecule has 1 aromatic carbocycles. The van der Waals surface area contributed by atoms with E-state index in [2.05, 4.69) is 15.6 Å². The van der Waals surface area contributed by atoms with Crippen molar-refractivity contribution in [2.45, 2.75) is 20.0 Å². The van der Waals surface area contributed by atoms with Crippen molar-refractivity contribution in [2.75, 3.05) is 13.7 Å². The monoisotopic (exact) mass is 341 g/mol. The molecule has 2 aromatic heterocycles. The Labute approximate surface area is 144 Å². The van der Waals surface area contributed by atoms with Gasteiger partial charge in [0, 0.05) is 24.8 Å². The molecule has 25 heavy (non-hydrogen) atoms. The van der Waals surface area contributed by atoms with E-state index in [9.17, 15) is 9.59 Å². The lowest BCUT2D eigenvalue weighted by Gasteiger charge is -2.12. The van der Waals surface area contributed by atoms with Gasteiger partial charge in [-0.15, -0.1) is 5.10 Å². The van der Waals surface area contributed by atoms with E-state index in [1.807, 2.05) is 31.2 Å². The highest BCUT2D eigenvalue weighted by atomic mass is 16.5. The summed E-state index contributed by atoms with van der Waals surface area (Å²) in [5.74, 6) is 0.343. The number of pyridine rings is 1. The SMILES string of the molecule is COc1cc(C)n(CCNC(=O)Cn2nnc3ccccc32)c(=O)c1. The van der Waals surface area contributed by atoms with Crippen LogP contribution in [-0.4, -0.2) is 39.1 Å². The van der Waals surface area contributed by atoms with Gasteiger partial charge in [0.1, 0.15) is 17.8 Å². The lowest BCUT2D eigenvalue weighted by Crippen LogP contribution is -2.33. The summed E-state index contributed by atoms with van der Waals surface area (Å²) in [4.78, 5) is 24.2. The van der Waals surface area contributed by atoms with Crippen LogP contribution in [0.25, 0.3) is 11.0 Å². The fraction of sp³-hybridized carbons (Fsp3) is 0.294. The van der Waals surface area contributed by atoms with Gasteiger partial charge in [-0.2, -0.15) is 0 Å². The number of methoxy groups -OCH3 is 1. The largest absolute Gasteiger partial charge is 0.496 e. The number of aryl methyl sites for hydroxylation is 1. The van der Waals surface area contributed by atoms with Crippen molar-refractivity contribution in [2.24, 2.45) is 0 Å². The molecule has 1 N–H and O–H groups in total. The van der Waals surface area contributed by atoms with Crippen LogP contribution < -0.4 is 15.6 Å². The van der Waals surface area contributed by atoms with E-state index in [0.29, 0.717) is 18.8 Å². The van der Waals surface area contributed by atoms with E-state index in [-0.39, 0.29) is 18.0 Å². The lowest BCUT2D eigenvalue weighted by atomic mass is 10.3. The Bertz CT molecular complexity index is 960. The number of aromatic nitrogens is 4. The summed E-state index contributed by atoms with van der Waals surface area (Å²) >= 11 is 0. The van der Waals surface area contributed by atoms with Crippen LogP contribution in [0, 0.1) is 6.92 Å². The number of hydrogen-bond donors (Lipinski definition) is 1. The molecule has 3 aromatic rings. The summed E-state index contributed by atoms with van der Waals surface area (Å²) < 4.78 is 8.21. The zero-order chi connectivity index (χ0) is 17.8. The molecule has 0 spiro atoms. The number of nitrogens with one attached hydrogen (secondary N) is 1. The highest BCUT2D eigenvalue weighted by molar-refractivity contribution is 5.79. The van der Waals surface area contributed by atoms with E-state index in [0.717, 1.165) is 16.7 Å². The van der Waals surface area contributed by atoms with Crippen molar-refractivity contribution >= 4 is 16.9 Å². The molecule has 8 nitrogen and oxygen atoms in total. The second-order valence-corrected chi connectivity index (χ2v) is 5.61. The first kappa shape index (κ1) is 16.7. The van der Waals surface area contributed by atoms with Gasteiger partial charge in [0.05, 0.1) is 12.6 Å².